The molecule has 34 heavy (non-hydrogen) atoms. The van der Waals surface area contributed by atoms with Crippen molar-refractivity contribution in [1.82, 2.24) is 30.1 Å². The van der Waals surface area contributed by atoms with Crippen LogP contribution in [0, 0.1) is 0 Å². The van der Waals surface area contributed by atoms with Crippen LogP contribution in [0.5, 0.6) is 5.88 Å². The fourth-order valence-corrected chi connectivity index (χ4v) is 3.50. The van der Waals surface area contributed by atoms with Crippen molar-refractivity contribution < 1.29 is 36.6 Å². The van der Waals surface area contributed by atoms with E-state index >= 15 is 0 Å². The number of H-pyrrole nitrogens is 1. The Morgan fingerprint density at radius 2 is 2.15 bits per heavy atom. The molecule has 0 spiro atoms. The van der Waals surface area contributed by atoms with Crippen molar-refractivity contribution in [3.63, 3.8) is 0 Å². The second kappa shape index (κ2) is 8.00. The molecule has 3 aromatic heterocycles. The summed E-state index contributed by atoms with van der Waals surface area (Å²) in [4.78, 5) is 16.0. The van der Waals surface area contributed by atoms with Crippen LogP contribution in [-0.4, -0.2) is 61.7 Å². The van der Waals surface area contributed by atoms with Crippen LogP contribution in [0.2, 0.25) is 0 Å². The Hall–Kier alpha value is -3.62. The molecule has 3 aromatic rings. The Morgan fingerprint density at radius 1 is 1.35 bits per heavy atom. The second-order valence-corrected chi connectivity index (χ2v) is 8.30. The number of hydrogen-bond acceptors (Lipinski definition) is 8. The number of nitrogens with zero attached hydrogens (tertiary/aromatic N) is 4. The molecule has 182 valence electrons. The molecule has 0 aromatic carbocycles. The summed E-state index contributed by atoms with van der Waals surface area (Å²) < 4.78 is 68.0. The lowest BCUT2D eigenvalue weighted by Gasteiger charge is -2.17. The van der Waals surface area contributed by atoms with Gasteiger partial charge in [0.15, 0.2) is 23.9 Å². The first kappa shape index (κ1) is 22.2. The van der Waals surface area contributed by atoms with E-state index in [0.29, 0.717) is 0 Å². The minimum absolute atomic E-state index is 0.129. The number of hydrogen-bond donors (Lipinski definition) is 3. The minimum atomic E-state index is -4.89. The molecule has 1 saturated heterocycles. The first-order chi connectivity index (χ1) is 16.1. The van der Waals surface area contributed by atoms with Gasteiger partial charge in [-0.05, 0) is 19.8 Å². The van der Waals surface area contributed by atoms with Crippen LogP contribution in [0.25, 0.3) is 5.52 Å². The molecular formula is C19H19F4N7O4. The number of anilines is 2. The van der Waals surface area contributed by atoms with Gasteiger partial charge in [-0.2, -0.15) is 5.10 Å². The maximum absolute atomic E-state index is 14.9. The highest BCUT2D eigenvalue weighted by Crippen LogP contribution is 2.36. The molecule has 11 nitrogen and oxygen atoms in total. The first-order valence-corrected chi connectivity index (χ1v) is 10.3. The second-order valence-electron chi connectivity index (χ2n) is 8.30. The van der Waals surface area contributed by atoms with Crippen molar-refractivity contribution in [2.45, 2.75) is 50.0 Å². The highest BCUT2D eigenvalue weighted by Gasteiger charge is 2.44. The van der Waals surface area contributed by atoms with Crippen molar-refractivity contribution in [3.05, 3.63) is 30.2 Å². The molecule has 3 atom stereocenters. The third-order valence-corrected chi connectivity index (χ3v) is 5.49. The summed E-state index contributed by atoms with van der Waals surface area (Å²) in [6.07, 6.45) is -5.01. The van der Waals surface area contributed by atoms with Gasteiger partial charge in [0.2, 0.25) is 5.88 Å². The Morgan fingerprint density at radius 3 is 2.88 bits per heavy atom. The quantitative estimate of drug-likeness (QED) is 0.455. The van der Waals surface area contributed by atoms with Crippen molar-refractivity contribution in [2.75, 3.05) is 11.9 Å². The predicted molar refractivity (Wildman–Crippen MR) is 106 cm³/mol. The standard InChI is InChI=1S/C19H19F4N7O4/c1-18(2-3-18)26-17(31)33-11-8-32-15(14(11)20)9-6-12(28-27-9)25-16-10-7-13(34-19(21,22)23)29-30(10)5-4-24-16/h4-7,11,14-15H,2-3,8H2,1H3,(H,26,31)(H2,24,25,27,28)/t11-,14-,15-/m1/s1. The normalized spacial score (nSPS) is 23.6. The van der Waals surface area contributed by atoms with E-state index in [1.165, 1.54) is 18.5 Å². The minimum Gasteiger partial charge on any atom is -0.441 e. The van der Waals surface area contributed by atoms with E-state index in [1.54, 1.807) is 0 Å². The molecule has 1 saturated carbocycles. The Labute approximate surface area is 188 Å². The third-order valence-electron chi connectivity index (χ3n) is 5.49. The molecule has 2 fully saturated rings. The van der Waals surface area contributed by atoms with Gasteiger partial charge in [0.1, 0.15) is 11.6 Å². The van der Waals surface area contributed by atoms with Crippen molar-refractivity contribution in [3.8, 4) is 5.88 Å². The van der Waals surface area contributed by atoms with Crippen molar-refractivity contribution in [1.29, 1.82) is 0 Å². The predicted octanol–water partition coefficient (Wildman–Crippen LogP) is 3.15. The average Bonchev–Trinajstić information content (AvgIpc) is 3.10. The van der Waals surface area contributed by atoms with E-state index in [9.17, 15) is 22.4 Å². The number of aromatic amines is 1. The first-order valence-electron chi connectivity index (χ1n) is 10.3. The van der Waals surface area contributed by atoms with Crippen LogP contribution in [0.4, 0.5) is 34.0 Å². The number of nitrogens with one attached hydrogen (secondary N) is 3. The van der Waals surface area contributed by atoms with Gasteiger partial charge in [0, 0.05) is 30.1 Å². The molecule has 5 rings (SSSR count). The number of aromatic nitrogens is 5. The highest BCUT2D eigenvalue weighted by molar-refractivity contribution is 5.73. The number of amides is 1. The van der Waals surface area contributed by atoms with Crippen molar-refractivity contribution >= 4 is 23.2 Å². The lowest BCUT2D eigenvalue weighted by atomic mass is 10.1. The summed E-state index contributed by atoms with van der Waals surface area (Å²) in [6, 6.07) is 2.52. The van der Waals surface area contributed by atoms with Gasteiger partial charge >= 0.3 is 12.5 Å². The van der Waals surface area contributed by atoms with Crippen LogP contribution in [-0.2, 0) is 9.47 Å². The summed E-state index contributed by atoms with van der Waals surface area (Å²) in [5, 5.41) is 15.9. The van der Waals surface area contributed by atoms with Crippen LogP contribution >= 0.6 is 0 Å². The number of carbonyl (C=O) groups excluding carboxylic acids is 1. The lowest BCUT2D eigenvalue weighted by Crippen LogP contribution is -2.39. The lowest BCUT2D eigenvalue weighted by molar-refractivity contribution is -0.276. The fraction of sp³-hybridized carbons (Fsp3) is 0.474. The number of halogens is 4. The van der Waals surface area contributed by atoms with Gasteiger partial charge in [-0.15, -0.1) is 18.3 Å². The number of fused-ring (bicyclic) bond motifs is 1. The number of ether oxygens (including phenoxy) is 3. The molecule has 1 aliphatic heterocycles. The van der Waals surface area contributed by atoms with E-state index in [0.717, 1.165) is 23.4 Å². The zero-order chi connectivity index (χ0) is 24.1. The summed E-state index contributed by atoms with van der Waals surface area (Å²) in [5.41, 5.74) is 0.172. The molecular weight excluding hydrogens is 466 g/mol. The number of carbonyl (C=O) groups is 1. The molecule has 4 heterocycles. The summed E-state index contributed by atoms with van der Waals surface area (Å²) >= 11 is 0. The Kier molecular flexibility index (Phi) is 5.22. The van der Waals surface area contributed by atoms with E-state index in [1.807, 2.05) is 6.92 Å². The van der Waals surface area contributed by atoms with Gasteiger partial charge < -0.3 is 24.8 Å². The highest BCUT2D eigenvalue weighted by atomic mass is 19.4. The van der Waals surface area contributed by atoms with Gasteiger partial charge in [-0.3, -0.25) is 5.10 Å². The summed E-state index contributed by atoms with van der Waals surface area (Å²) in [5.74, 6) is -0.313. The molecule has 0 unspecified atom stereocenters. The number of alkyl carbamates (subject to hydrolysis) is 1. The Balaban J connectivity index is 1.25. The average molecular weight is 485 g/mol. The monoisotopic (exact) mass is 485 g/mol. The fourth-order valence-electron chi connectivity index (χ4n) is 3.50. The largest absolute Gasteiger partial charge is 0.574 e. The van der Waals surface area contributed by atoms with E-state index in [-0.39, 0.29) is 35.0 Å². The van der Waals surface area contributed by atoms with E-state index in [2.05, 4.69) is 35.7 Å². The van der Waals surface area contributed by atoms with Gasteiger partial charge in [0.05, 0.1) is 12.3 Å². The van der Waals surface area contributed by atoms with E-state index in [4.69, 9.17) is 9.47 Å². The SMILES string of the molecule is CC1(NC(=O)O[C@@H]2CO[C@H](c3cc(Nc4nccn5nc(OC(F)(F)F)cc45)n[nH]3)[C@@H]2F)CC1. The zero-order valence-corrected chi connectivity index (χ0v) is 17.6. The molecule has 3 N–H and O–H groups in total. The Bertz CT molecular complexity index is 1210. The van der Waals surface area contributed by atoms with Crippen LogP contribution in [0.15, 0.2) is 24.5 Å². The van der Waals surface area contributed by atoms with Crippen LogP contribution in [0.1, 0.15) is 31.6 Å². The summed E-state index contributed by atoms with van der Waals surface area (Å²) in [7, 11) is 0. The molecule has 0 radical (unpaired) electrons. The molecule has 1 amide bonds. The number of rotatable bonds is 6. The van der Waals surface area contributed by atoms with Crippen LogP contribution in [0.3, 0.4) is 0 Å². The zero-order valence-electron chi connectivity index (χ0n) is 17.6. The smallest absolute Gasteiger partial charge is 0.441 e. The maximum Gasteiger partial charge on any atom is 0.574 e. The maximum atomic E-state index is 14.9. The van der Waals surface area contributed by atoms with Gasteiger partial charge in [-0.1, -0.05) is 0 Å². The molecule has 15 heteroatoms. The molecule has 1 aliphatic carbocycles. The van der Waals surface area contributed by atoms with Gasteiger partial charge in [0.25, 0.3) is 0 Å². The van der Waals surface area contributed by atoms with E-state index < -0.39 is 36.7 Å². The number of alkyl halides is 4. The van der Waals surface area contributed by atoms with Crippen molar-refractivity contribution in [2.24, 2.45) is 0 Å². The molecule has 2 aliphatic rings. The third kappa shape index (κ3) is 4.69. The van der Waals surface area contributed by atoms with Gasteiger partial charge in [-0.25, -0.2) is 18.7 Å². The van der Waals surface area contributed by atoms with Crippen LogP contribution < -0.4 is 15.4 Å². The topological polar surface area (TPSA) is 128 Å². The summed E-state index contributed by atoms with van der Waals surface area (Å²) in [6.45, 7) is 1.74. The molecule has 0 bridgehead atoms.